The smallest absolute Gasteiger partial charge is 0.331 e. The third-order valence-electron chi connectivity index (χ3n) is 4.35. The van der Waals surface area contributed by atoms with E-state index in [0.717, 1.165) is 18.8 Å². The number of carboxylic acid groups (broad SMARTS) is 1. The van der Waals surface area contributed by atoms with Gasteiger partial charge in [-0.3, -0.25) is 4.79 Å². The van der Waals surface area contributed by atoms with Crippen molar-refractivity contribution in [3.63, 3.8) is 0 Å². The van der Waals surface area contributed by atoms with Crippen LogP contribution in [0, 0.1) is 5.92 Å². The van der Waals surface area contributed by atoms with Gasteiger partial charge in [-0.05, 0) is 12.3 Å². The monoisotopic (exact) mass is 354 g/mol. The van der Waals surface area contributed by atoms with Crippen LogP contribution in [0.5, 0.6) is 0 Å². The zero-order valence-electron chi connectivity index (χ0n) is 16.4. The highest BCUT2D eigenvalue weighted by Crippen LogP contribution is 2.13. The van der Waals surface area contributed by atoms with E-state index in [1.54, 1.807) is 0 Å². The van der Waals surface area contributed by atoms with Crippen LogP contribution in [0.1, 0.15) is 97.3 Å². The average molecular weight is 355 g/mol. The maximum Gasteiger partial charge on any atom is 0.331 e. The van der Waals surface area contributed by atoms with Crippen molar-refractivity contribution in [1.82, 2.24) is 0 Å². The normalized spacial score (nSPS) is 10.8. The summed E-state index contributed by atoms with van der Waals surface area (Å²) in [6, 6.07) is 0. The fourth-order valence-electron chi connectivity index (χ4n) is 2.73. The lowest BCUT2D eigenvalue weighted by molar-refractivity contribution is -0.144. The number of aliphatic carboxylic acids is 1. The molecule has 0 unspecified atom stereocenters. The quantitative estimate of drug-likeness (QED) is 0.201. The van der Waals surface area contributed by atoms with Gasteiger partial charge >= 0.3 is 11.9 Å². The Balaban J connectivity index is 3.22. The molecule has 0 radical (unpaired) electrons. The number of hydrogen-bond donors (Lipinski definition) is 1. The predicted molar refractivity (Wildman–Crippen MR) is 103 cm³/mol. The number of unbranched alkanes of at least 4 members (excludes halogenated alkanes) is 10. The molecule has 0 atom stereocenters. The summed E-state index contributed by atoms with van der Waals surface area (Å²) in [5.41, 5.74) is -0.120. The van der Waals surface area contributed by atoms with Crippen LogP contribution >= 0.6 is 0 Å². The Morgan fingerprint density at radius 3 is 1.72 bits per heavy atom. The molecule has 0 bridgehead atoms. The van der Waals surface area contributed by atoms with Crippen molar-refractivity contribution in [2.75, 3.05) is 6.61 Å². The Labute approximate surface area is 154 Å². The number of ether oxygens (including phenoxy) is 1. The molecule has 4 heteroatoms. The maximum atomic E-state index is 11.3. The van der Waals surface area contributed by atoms with E-state index < -0.39 is 11.9 Å². The minimum atomic E-state index is -1.15. The fraction of sp³-hybridized carbons (Fsp3) is 0.810. The molecule has 0 aromatic heterocycles. The van der Waals surface area contributed by atoms with Gasteiger partial charge in [-0.2, -0.15) is 0 Å². The van der Waals surface area contributed by atoms with E-state index in [-0.39, 0.29) is 12.0 Å². The molecule has 0 fully saturated rings. The van der Waals surface area contributed by atoms with Crippen molar-refractivity contribution in [2.24, 2.45) is 5.92 Å². The Bertz CT molecular complexity index is 374. The SMILES string of the molecule is C=C(CC(=O)OCCCCCCCCCCCCCC(C)C)C(=O)O. The topological polar surface area (TPSA) is 63.6 Å². The highest BCUT2D eigenvalue weighted by molar-refractivity contribution is 5.91. The lowest BCUT2D eigenvalue weighted by atomic mass is 10.0. The molecule has 0 aliphatic rings. The first-order chi connectivity index (χ1) is 11.9. The zero-order valence-corrected chi connectivity index (χ0v) is 16.4. The molecular formula is C21H38O4. The van der Waals surface area contributed by atoms with Crippen molar-refractivity contribution in [3.8, 4) is 0 Å². The minimum Gasteiger partial charge on any atom is -0.478 e. The van der Waals surface area contributed by atoms with E-state index in [9.17, 15) is 9.59 Å². The molecule has 0 saturated carbocycles. The van der Waals surface area contributed by atoms with Crippen molar-refractivity contribution < 1.29 is 19.4 Å². The van der Waals surface area contributed by atoms with Gasteiger partial charge in [0.1, 0.15) is 0 Å². The van der Waals surface area contributed by atoms with Gasteiger partial charge in [-0.1, -0.05) is 91.1 Å². The molecule has 0 heterocycles. The molecule has 146 valence electrons. The number of esters is 1. The van der Waals surface area contributed by atoms with Crippen molar-refractivity contribution >= 4 is 11.9 Å². The van der Waals surface area contributed by atoms with Crippen LogP contribution in [0.25, 0.3) is 0 Å². The first-order valence-electron chi connectivity index (χ1n) is 10.00. The lowest BCUT2D eigenvalue weighted by Gasteiger charge is -2.05. The first-order valence-corrected chi connectivity index (χ1v) is 10.00. The molecule has 1 N–H and O–H groups in total. The second kappa shape index (κ2) is 16.2. The largest absolute Gasteiger partial charge is 0.478 e. The van der Waals surface area contributed by atoms with Gasteiger partial charge in [-0.25, -0.2) is 4.79 Å². The third-order valence-corrected chi connectivity index (χ3v) is 4.35. The number of carbonyl (C=O) groups is 2. The van der Waals surface area contributed by atoms with E-state index in [1.165, 1.54) is 64.2 Å². The molecule has 0 amide bonds. The van der Waals surface area contributed by atoms with E-state index in [0.29, 0.717) is 6.61 Å². The molecule has 25 heavy (non-hydrogen) atoms. The van der Waals surface area contributed by atoms with Gasteiger partial charge in [0, 0.05) is 5.57 Å². The first kappa shape index (κ1) is 23.7. The highest BCUT2D eigenvalue weighted by atomic mass is 16.5. The Morgan fingerprint density at radius 2 is 1.28 bits per heavy atom. The van der Waals surface area contributed by atoms with Gasteiger partial charge in [0.25, 0.3) is 0 Å². The number of carbonyl (C=O) groups excluding carboxylic acids is 1. The van der Waals surface area contributed by atoms with Crippen LogP contribution in [-0.2, 0) is 14.3 Å². The Kier molecular flexibility index (Phi) is 15.3. The van der Waals surface area contributed by atoms with Crippen LogP contribution in [0.2, 0.25) is 0 Å². The van der Waals surface area contributed by atoms with E-state index in [1.807, 2.05) is 0 Å². The molecule has 0 aromatic carbocycles. The van der Waals surface area contributed by atoms with E-state index in [2.05, 4.69) is 20.4 Å². The standard InChI is InChI=1S/C21H38O4/c1-18(2)15-13-11-9-7-5-4-6-8-10-12-14-16-25-20(22)17-19(3)21(23)24/h18H,3-17H2,1-2H3,(H,23,24). The summed E-state index contributed by atoms with van der Waals surface area (Å²) >= 11 is 0. The molecule has 0 aromatic rings. The van der Waals surface area contributed by atoms with Gasteiger partial charge < -0.3 is 9.84 Å². The van der Waals surface area contributed by atoms with Gasteiger partial charge in [0.05, 0.1) is 13.0 Å². The van der Waals surface area contributed by atoms with Crippen LogP contribution in [0.15, 0.2) is 12.2 Å². The Morgan fingerprint density at radius 1 is 0.840 bits per heavy atom. The molecule has 0 rings (SSSR count). The van der Waals surface area contributed by atoms with Crippen molar-refractivity contribution in [3.05, 3.63) is 12.2 Å². The van der Waals surface area contributed by atoms with Crippen LogP contribution in [-0.4, -0.2) is 23.7 Å². The van der Waals surface area contributed by atoms with Crippen molar-refractivity contribution in [2.45, 2.75) is 97.3 Å². The van der Waals surface area contributed by atoms with E-state index in [4.69, 9.17) is 9.84 Å². The summed E-state index contributed by atoms with van der Waals surface area (Å²) in [7, 11) is 0. The zero-order chi connectivity index (χ0) is 18.9. The summed E-state index contributed by atoms with van der Waals surface area (Å²) in [6.45, 7) is 8.28. The van der Waals surface area contributed by atoms with E-state index >= 15 is 0 Å². The van der Waals surface area contributed by atoms with Crippen LogP contribution < -0.4 is 0 Å². The molecule has 0 aliphatic heterocycles. The van der Waals surface area contributed by atoms with Gasteiger partial charge in [0.2, 0.25) is 0 Å². The van der Waals surface area contributed by atoms with Gasteiger partial charge in [0.15, 0.2) is 0 Å². The predicted octanol–water partition coefficient (Wildman–Crippen LogP) is 5.90. The maximum absolute atomic E-state index is 11.3. The Hall–Kier alpha value is -1.32. The summed E-state index contributed by atoms with van der Waals surface area (Å²) in [5, 5.41) is 8.63. The van der Waals surface area contributed by atoms with Crippen LogP contribution in [0.3, 0.4) is 0 Å². The highest BCUT2D eigenvalue weighted by Gasteiger charge is 2.10. The molecule has 0 aliphatic carbocycles. The molecular weight excluding hydrogens is 316 g/mol. The lowest BCUT2D eigenvalue weighted by Crippen LogP contribution is -2.10. The summed E-state index contributed by atoms with van der Waals surface area (Å²) in [6.07, 6.45) is 15.0. The third kappa shape index (κ3) is 17.3. The summed E-state index contributed by atoms with van der Waals surface area (Å²) in [5.74, 6) is -0.805. The number of carboxylic acids is 1. The summed E-state index contributed by atoms with van der Waals surface area (Å²) < 4.78 is 5.01. The number of hydrogen-bond acceptors (Lipinski definition) is 3. The second-order valence-electron chi connectivity index (χ2n) is 7.38. The summed E-state index contributed by atoms with van der Waals surface area (Å²) in [4.78, 5) is 21.9. The molecule has 4 nitrogen and oxygen atoms in total. The van der Waals surface area contributed by atoms with Crippen LogP contribution in [0.4, 0.5) is 0 Å². The molecule has 0 saturated heterocycles. The average Bonchev–Trinajstić information content (AvgIpc) is 2.54. The second-order valence-corrected chi connectivity index (χ2v) is 7.38. The van der Waals surface area contributed by atoms with Crippen molar-refractivity contribution in [1.29, 1.82) is 0 Å². The molecule has 0 spiro atoms. The van der Waals surface area contributed by atoms with Gasteiger partial charge in [-0.15, -0.1) is 0 Å². The number of rotatable bonds is 17. The fourth-order valence-corrected chi connectivity index (χ4v) is 2.73. The minimum absolute atomic E-state index is 0.120.